The van der Waals surface area contributed by atoms with Gasteiger partial charge in [-0.25, -0.2) is 13.2 Å². The number of anilines is 3. The maximum atomic E-state index is 13.0. The first-order valence-corrected chi connectivity index (χ1v) is 11.8. The molecule has 32 heavy (non-hydrogen) atoms. The average molecular weight is 468 g/mol. The highest BCUT2D eigenvalue weighted by Gasteiger charge is 2.24. The van der Waals surface area contributed by atoms with Gasteiger partial charge in [-0.05, 0) is 24.1 Å². The third-order valence-corrected chi connectivity index (χ3v) is 5.67. The fourth-order valence-electron chi connectivity index (χ4n) is 3.04. The molecule has 0 unspecified atom stereocenters. The van der Waals surface area contributed by atoms with Crippen LogP contribution in [0.4, 0.5) is 17.2 Å². The van der Waals surface area contributed by atoms with E-state index in [9.17, 15) is 22.8 Å². The molecule has 176 valence electrons. The maximum absolute atomic E-state index is 13.0. The van der Waals surface area contributed by atoms with Gasteiger partial charge in [0.15, 0.2) is 15.5 Å². The highest BCUT2D eigenvalue weighted by molar-refractivity contribution is 7.90. The predicted molar refractivity (Wildman–Crippen MR) is 123 cm³/mol. The molecule has 1 aromatic heterocycles. The number of aromatic amines is 1. The van der Waals surface area contributed by atoms with Crippen molar-refractivity contribution in [2.24, 2.45) is 5.92 Å². The number of aromatic nitrogens is 2. The number of nitrogens with two attached hydrogens (primary N) is 1. The van der Waals surface area contributed by atoms with Crippen LogP contribution in [0.1, 0.15) is 13.8 Å². The van der Waals surface area contributed by atoms with Crippen LogP contribution in [-0.4, -0.2) is 56.9 Å². The Morgan fingerprint density at radius 1 is 1.31 bits per heavy atom. The molecule has 0 radical (unpaired) electrons. The summed E-state index contributed by atoms with van der Waals surface area (Å²) >= 11 is 0. The third-order valence-electron chi connectivity index (χ3n) is 4.56. The Balaban J connectivity index is 2.37. The van der Waals surface area contributed by atoms with Gasteiger partial charge in [0, 0.05) is 32.1 Å². The summed E-state index contributed by atoms with van der Waals surface area (Å²) in [6, 6.07) is 6.03. The highest BCUT2D eigenvalue weighted by Crippen LogP contribution is 2.19. The second kappa shape index (κ2) is 10.5. The van der Waals surface area contributed by atoms with Gasteiger partial charge < -0.3 is 20.7 Å². The number of ether oxygens (including phenoxy) is 1. The van der Waals surface area contributed by atoms with Crippen molar-refractivity contribution >= 4 is 32.9 Å². The zero-order chi connectivity index (χ0) is 24.1. The van der Waals surface area contributed by atoms with E-state index in [0.29, 0.717) is 5.69 Å². The quantitative estimate of drug-likeness (QED) is 0.449. The Labute approximate surface area is 186 Å². The number of methoxy groups -OCH3 is 1. The van der Waals surface area contributed by atoms with E-state index in [1.165, 1.54) is 23.8 Å². The smallest absolute Gasteiger partial charge is 0.330 e. The van der Waals surface area contributed by atoms with Gasteiger partial charge >= 0.3 is 5.69 Å². The zero-order valence-electron chi connectivity index (χ0n) is 18.5. The molecule has 0 bridgehead atoms. The van der Waals surface area contributed by atoms with Crippen molar-refractivity contribution < 1.29 is 17.9 Å². The van der Waals surface area contributed by atoms with E-state index in [-0.39, 0.29) is 48.6 Å². The lowest BCUT2D eigenvalue weighted by molar-refractivity contribution is -0.117. The molecule has 0 aliphatic heterocycles. The lowest BCUT2D eigenvalue weighted by atomic mass is 10.2. The Kier molecular flexibility index (Phi) is 8.22. The van der Waals surface area contributed by atoms with Crippen LogP contribution in [0.25, 0.3) is 0 Å². The fraction of sp³-hybridized carbons (Fsp3) is 0.450. The number of benzene rings is 1. The molecule has 0 aliphatic carbocycles. The highest BCUT2D eigenvalue weighted by atomic mass is 32.2. The van der Waals surface area contributed by atoms with Crippen molar-refractivity contribution in [2.75, 3.05) is 49.0 Å². The second-order valence-electron chi connectivity index (χ2n) is 7.69. The molecule has 4 N–H and O–H groups in total. The number of rotatable bonds is 10. The molecule has 1 heterocycles. The summed E-state index contributed by atoms with van der Waals surface area (Å²) in [5.41, 5.74) is 4.98. The standard InChI is InChI=1S/C20H29N5O6S/c1-13(2)12-25-18(21)17(19(27)23-20(25)28)24(8-9-31-3)16(26)11-22-14-6-5-7-15(10-14)32(4,29)30/h5-7,10,13,22H,8-9,11-12,21H2,1-4H3,(H,23,27,28). The first kappa shape index (κ1) is 25.1. The van der Waals surface area contributed by atoms with Gasteiger partial charge in [0.25, 0.3) is 5.56 Å². The fourth-order valence-corrected chi connectivity index (χ4v) is 3.71. The minimum Gasteiger partial charge on any atom is -0.383 e. The van der Waals surface area contributed by atoms with Crippen LogP contribution in [0.5, 0.6) is 0 Å². The van der Waals surface area contributed by atoms with Gasteiger partial charge in [0.05, 0.1) is 18.0 Å². The van der Waals surface area contributed by atoms with E-state index in [0.717, 1.165) is 11.2 Å². The van der Waals surface area contributed by atoms with Gasteiger partial charge in [0.1, 0.15) is 5.82 Å². The van der Waals surface area contributed by atoms with Crippen molar-refractivity contribution in [3.63, 3.8) is 0 Å². The number of nitrogens with zero attached hydrogens (tertiary/aromatic N) is 2. The van der Waals surface area contributed by atoms with Crippen LogP contribution in [0, 0.1) is 5.92 Å². The van der Waals surface area contributed by atoms with Crippen molar-refractivity contribution in [2.45, 2.75) is 25.3 Å². The predicted octanol–water partition coefficient (Wildman–Crippen LogP) is 0.270. The maximum Gasteiger partial charge on any atom is 0.330 e. The number of hydrogen-bond donors (Lipinski definition) is 3. The van der Waals surface area contributed by atoms with Crippen molar-refractivity contribution in [3.8, 4) is 0 Å². The molecule has 1 amide bonds. The van der Waals surface area contributed by atoms with E-state index in [2.05, 4.69) is 10.3 Å². The van der Waals surface area contributed by atoms with E-state index >= 15 is 0 Å². The molecule has 0 saturated heterocycles. The largest absolute Gasteiger partial charge is 0.383 e. The average Bonchev–Trinajstić information content (AvgIpc) is 2.71. The van der Waals surface area contributed by atoms with Gasteiger partial charge in [-0.1, -0.05) is 19.9 Å². The third kappa shape index (κ3) is 6.20. The minimum atomic E-state index is -3.41. The molecule has 2 aromatic rings. The summed E-state index contributed by atoms with van der Waals surface area (Å²) in [7, 11) is -1.96. The molecule has 0 saturated carbocycles. The number of carbonyl (C=O) groups excluding carboxylic acids is 1. The number of sulfone groups is 1. The number of hydrogen-bond acceptors (Lipinski definition) is 8. The number of nitrogen functional groups attached to an aromatic ring is 1. The van der Waals surface area contributed by atoms with Crippen molar-refractivity contribution in [3.05, 3.63) is 45.1 Å². The molecule has 0 atom stereocenters. The van der Waals surface area contributed by atoms with Crippen LogP contribution in [0.2, 0.25) is 0 Å². The first-order valence-electron chi connectivity index (χ1n) is 9.91. The zero-order valence-corrected chi connectivity index (χ0v) is 19.4. The van der Waals surface area contributed by atoms with E-state index in [1.54, 1.807) is 12.1 Å². The summed E-state index contributed by atoms with van der Waals surface area (Å²) in [6.07, 6.45) is 1.09. The molecular weight excluding hydrogens is 438 g/mol. The Morgan fingerprint density at radius 2 is 2.00 bits per heavy atom. The van der Waals surface area contributed by atoms with Crippen molar-refractivity contribution in [1.29, 1.82) is 0 Å². The molecule has 12 heteroatoms. The second-order valence-corrected chi connectivity index (χ2v) is 9.71. The van der Waals surface area contributed by atoms with E-state index < -0.39 is 27.0 Å². The Hall–Kier alpha value is -3.12. The van der Waals surface area contributed by atoms with Crippen LogP contribution >= 0.6 is 0 Å². The van der Waals surface area contributed by atoms with Crippen LogP contribution in [0.3, 0.4) is 0 Å². The molecule has 0 aliphatic rings. The normalized spacial score (nSPS) is 11.5. The SMILES string of the molecule is COCCN(C(=O)CNc1cccc(S(C)(=O)=O)c1)c1c(N)n(CC(C)C)c(=O)[nH]c1=O. The van der Waals surface area contributed by atoms with Gasteiger partial charge in [-0.2, -0.15) is 0 Å². The van der Waals surface area contributed by atoms with Gasteiger partial charge in [-0.15, -0.1) is 0 Å². The summed E-state index contributed by atoms with van der Waals surface area (Å²) in [6.45, 7) is 3.93. The Morgan fingerprint density at radius 3 is 2.59 bits per heavy atom. The summed E-state index contributed by atoms with van der Waals surface area (Å²) in [5.74, 6) is -0.560. The lowest BCUT2D eigenvalue weighted by Gasteiger charge is -2.25. The summed E-state index contributed by atoms with van der Waals surface area (Å²) in [4.78, 5) is 41.3. The van der Waals surface area contributed by atoms with Crippen LogP contribution < -0.4 is 27.2 Å². The molecule has 0 spiro atoms. The number of nitrogens with one attached hydrogen (secondary N) is 2. The molecular formula is C20H29N5O6S. The van der Waals surface area contributed by atoms with Gasteiger partial charge in [0.2, 0.25) is 5.91 Å². The van der Waals surface area contributed by atoms with Gasteiger partial charge in [-0.3, -0.25) is 19.1 Å². The number of carbonyl (C=O) groups is 1. The molecule has 0 fully saturated rings. The van der Waals surface area contributed by atoms with Crippen LogP contribution in [0.15, 0.2) is 38.8 Å². The number of H-pyrrole nitrogens is 1. The van der Waals surface area contributed by atoms with Crippen LogP contribution in [-0.2, 0) is 25.9 Å². The lowest BCUT2D eigenvalue weighted by Crippen LogP contribution is -2.44. The number of amides is 1. The summed E-state index contributed by atoms with van der Waals surface area (Å²) in [5, 5.41) is 2.86. The summed E-state index contributed by atoms with van der Waals surface area (Å²) < 4.78 is 29.8. The molecule has 11 nitrogen and oxygen atoms in total. The van der Waals surface area contributed by atoms with E-state index in [1.807, 2.05) is 13.8 Å². The monoisotopic (exact) mass is 467 g/mol. The molecule has 2 rings (SSSR count). The Bertz CT molecular complexity index is 1190. The first-order chi connectivity index (χ1) is 15.0. The van der Waals surface area contributed by atoms with Crippen molar-refractivity contribution in [1.82, 2.24) is 9.55 Å². The topological polar surface area (TPSA) is 157 Å². The van der Waals surface area contributed by atoms with E-state index in [4.69, 9.17) is 10.5 Å². The molecule has 1 aromatic carbocycles. The minimum absolute atomic E-state index is 0.0214.